The molecule has 1 heterocycles. The maximum absolute atomic E-state index is 11.8. The predicted molar refractivity (Wildman–Crippen MR) is 76.5 cm³/mol. The zero-order valence-corrected chi connectivity index (χ0v) is 11.8. The first-order valence-corrected chi connectivity index (χ1v) is 6.29. The average Bonchev–Trinajstić information content (AvgIpc) is 2.33. The van der Waals surface area contributed by atoms with Gasteiger partial charge in [-0.25, -0.2) is 0 Å². The molecule has 0 N–H and O–H groups in total. The van der Waals surface area contributed by atoms with Crippen molar-refractivity contribution in [1.29, 1.82) is 0 Å². The first-order chi connectivity index (χ1) is 8.91. The second-order valence-electron chi connectivity index (χ2n) is 4.50. The fourth-order valence-electron chi connectivity index (χ4n) is 2.01. The van der Waals surface area contributed by atoms with E-state index in [4.69, 9.17) is 11.6 Å². The smallest absolute Gasteiger partial charge is 0.192 e. The molecule has 4 heteroatoms. The highest BCUT2D eigenvalue weighted by Crippen LogP contribution is 2.23. The van der Waals surface area contributed by atoms with E-state index in [1.807, 2.05) is 36.6 Å². The first-order valence-electron chi connectivity index (χ1n) is 5.91. The number of pyridine rings is 1. The molecule has 2 aromatic rings. The van der Waals surface area contributed by atoms with Gasteiger partial charge in [0, 0.05) is 28.7 Å². The van der Waals surface area contributed by atoms with E-state index < -0.39 is 0 Å². The van der Waals surface area contributed by atoms with E-state index >= 15 is 0 Å². The molecule has 0 radical (unpaired) electrons. The van der Waals surface area contributed by atoms with Crippen molar-refractivity contribution in [3.8, 4) is 5.69 Å². The van der Waals surface area contributed by atoms with Gasteiger partial charge < -0.3 is 4.57 Å². The molecule has 0 saturated carbocycles. The summed E-state index contributed by atoms with van der Waals surface area (Å²) in [5, 5.41) is 0.653. The van der Waals surface area contributed by atoms with E-state index in [-0.39, 0.29) is 16.8 Å². The molecule has 1 aromatic carbocycles. The number of nitrogens with zero attached hydrogens (tertiary/aromatic N) is 1. The Labute approximate surface area is 116 Å². The molecule has 0 aliphatic rings. The van der Waals surface area contributed by atoms with E-state index in [2.05, 4.69) is 0 Å². The van der Waals surface area contributed by atoms with E-state index in [1.54, 1.807) is 6.20 Å². The Hall–Kier alpha value is -1.87. The minimum absolute atomic E-state index is 0.185. The second kappa shape index (κ2) is 5.02. The van der Waals surface area contributed by atoms with Gasteiger partial charge in [0.05, 0.1) is 5.56 Å². The number of Topliss-reactive ketones (excluding diaryl/α,β-unsaturated/α-hetero) is 1. The molecule has 0 atom stereocenters. The third kappa shape index (κ3) is 2.47. The Morgan fingerprint density at radius 2 is 1.95 bits per heavy atom. The molecular weight excluding hydrogens is 262 g/mol. The third-order valence-corrected chi connectivity index (χ3v) is 3.53. The van der Waals surface area contributed by atoms with E-state index in [0.29, 0.717) is 5.02 Å². The summed E-state index contributed by atoms with van der Waals surface area (Å²) in [5.74, 6) is -0.238. The van der Waals surface area contributed by atoms with Gasteiger partial charge in [-0.2, -0.15) is 0 Å². The lowest BCUT2D eigenvalue weighted by Gasteiger charge is -2.15. The van der Waals surface area contributed by atoms with Crippen LogP contribution < -0.4 is 5.43 Å². The quantitative estimate of drug-likeness (QED) is 0.789. The van der Waals surface area contributed by atoms with Gasteiger partial charge in [-0.1, -0.05) is 17.7 Å². The van der Waals surface area contributed by atoms with Crippen LogP contribution in [0.4, 0.5) is 0 Å². The molecule has 0 aliphatic heterocycles. The topological polar surface area (TPSA) is 39.1 Å². The standard InChI is InChI=1S/C15H14ClNO2/c1-9-7-15(19)12(11(3)18)8-17(9)14-6-4-5-13(16)10(14)2/h4-8H,1-3H3. The highest BCUT2D eigenvalue weighted by Gasteiger charge is 2.11. The Kier molecular flexibility index (Phi) is 3.58. The van der Waals surface area contributed by atoms with Crippen LogP contribution in [0.5, 0.6) is 0 Å². The van der Waals surface area contributed by atoms with Crippen molar-refractivity contribution in [2.45, 2.75) is 20.8 Å². The number of aromatic nitrogens is 1. The van der Waals surface area contributed by atoms with Crippen LogP contribution >= 0.6 is 11.6 Å². The average molecular weight is 276 g/mol. The molecular formula is C15H14ClNO2. The van der Waals surface area contributed by atoms with Crippen molar-refractivity contribution < 1.29 is 4.79 Å². The Bertz CT molecular complexity index is 717. The summed E-state index contributed by atoms with van der Waals surface area (Å²) < 4.78 is 1.82. The molecule has 19 heavy (non-hydrogen) atoms. The van der Waals surface area contributed by atoms with Crippen molar-refractivity contribution in [3.05, 3.63) is 62.5 Å². The monoisotopic (exact) mass is 275 g/mol. The van der Waals surface area contributed by atoms with Gasteiger partial charge in [0.25, 0.3) is 0 Å². The molecule has 0 spiro atoms. The van der Waals surface area contributed by atoms with Crippen LogP contribution in [-0.2, 0) is 0 Å². The molecule has 3 nitrogen and oxygen atoms in total. The zero-order chi connectivity index (χ0) is 14.2. The summed E-state index contributed by atoms with van der Waals surface area (Å²) >= 11 is 6.11. The van der Waals surface area contributed by atoms with Crippen LogP contribution in [0.3, 0.4) is 0 Å². The zero-order valence-electron chi connectivity index (χ0n) is 11.0. The van der Waals surface area contributed by atoms with Crippen molar-refractivity contribution in [1.82, 2.24) is 4.57 Å². The van der Waals surface area contributed by atoms with Gasteiger partial charge in [0.1, 0.15) is 0 Å². The number of halogens is 1. The summed E-state index contributed by atoms with van der Waals surface area (Å²) in [6.07, 6.45) is 1.58. The lowest BCUT2D eigenvalue weighted by Crippen LogP contribution is -2.17. The van der Waals surface area contributed by atoms with Crippen LogP contribution in [0.1, 0.15) is 28.5 Å². The van der Waals surface area contributed by atoms with Crippen LogP contribution in [0.2, 0.25) is 5.02 Å². The van der Waals surface area contributed by atoms with Gasteiger partial charge in [0.15, 0.2) is 11.2 Å². The number of aryl methyl sites for hydroxylation is 1. The largest absolute Gasteiger partial charge is 0.320 e. The summed E-state index contributed by atoms with van der Waals surface area (Å²) in [5.41, 5.74) is 2.48. The van der Waals surface area contributed by atoms with E-state index in [9.17, 15) is 9.59 Å². The maximum atomic E-state index is 11.8. The van der Waals surface area contributed by atoms with Crippen molar-refractivity contribution in [3.63, 3.8) is 0 Å². The highest BCUT2D eigenvalue weighted by atomic mass is 35.5. The molecule has 0 unspecified atom stereocenters. The Morgan fingerprint density at radius 3 is 2.58 bits per heavy atom. The van der Waals surface area contributed by atoms with Crippen molar-refractivity contribution in [2.75, 3.05) is 0 Å². The predicted octanol–water partition coefficient (Wildman–Crippen LogP) is 3.31. The minimum atomic E-state index is -0.249. The summed E-state index contributed by atoms with van der Waals surface area (Å²) in [4.78, 5) is 23.2. The summed E-state index contributed by atoms with van der Waals surface area (Å²) in [6.45, 7) is 5.12. The number of carbonyl (C=O) groups excluding carboxylic acids is 1. The molecule has 0 amide bonds. The minimum Gasteiger partial charge on any atom is -0.320 e. The molecule has 0 fully saturated rings. The SMILES string of the molecule is CC(=O)c1cn(-c2cccc(Cl)c2C)c(C)cc1=O. The lowest BCUT2D eigenvalue weighted by atomic mass is 10.1. The van der Waals surface area contributed by atoms with Gasteiger partial charge in [-0.3, -0.25) is 9.59 Å². The molecule has 98 valence electrons. The molecule has 2 rings (SSSR count). The number of rotatable bonds is 2. The van der Waals surface area contributed by atoms with Crippen molar-refractivity contribution >= 4 is 17.4 Å². The lowest BCUT2D eigenvalue weighted by molar-refractivity contribution is 0.101. The van der Waals surface area contributed by atoms with Gasteiger partial charge >= 0.3 is 0 Å². The third-order valence-electron chi connectivity index (χ3n) is 3.12. The number of hydrogen-bond donors (Lipinski definition) is 0. The molecule has 1 aromatic heterocycles. The maximum Gasteiger partial charge on any atom is 0.192 e. The van der Waals surface area contributed by atoms with Crippen LogP contribution in [0, 0.1) is 13.8 Å². The molecule has 0 bridgehead atoms. The second-order valence-corrected chi connectivity index (χ2v) is 4.91. The van der Waals surface area contributed by atoms with E-state index in [0.717, 1.165) is 16.9 Å². The van der Waals surface area contributed by atoms with Gasteiger partial charge in [-0.15, -0.1) is 0 Å². The molecule has 0 aliphatic carbocycles. The Morgan fingerprint density at radius 1 is 1.26 bits per heavy atom. The fourth-order valence-corrected chi connectivity index (χ4v) is 2.18. The normalized spacial score (nSPS) is 10.5. The summed E-state index contributed by atoms with van der Waals surface area (Å²) in [7, 11) is 0. The van der Waals surface area contributed by atoms with Gasteiger partial charge in [-0.05, 0) is 38.5 Å². The number of ketones is 1. The van der Waals surface area contributed by atoms with Crippen LogP contribution in [0.25, 0.3) is 5.69 Å². The van der Waals surface area contributed by atoms with Gasteiger partial charge in [0.2, 0.25) is 0 Å². The highest BCUT2D eigenvalue weighted by molar-refractivity contribution is 6.31. The number of benzene rings is 1. The van der Waals surface area contributed by atoms with Crippen molar-refractivity contribution in [2.24, 2.45) is 0 Å². The summed E-state index contributed by atoms with van der Waals surface area (Å²) in [6, 6.07) is 7.03. The Balaban J connectivity index is 2.76. The fraction of sp³-hybridized carbons (Fsp3) is 0.200. The first kappa shape index (κ1) is 13.6. The number of carbonyl (C=O) groups is 1. The van der Waals surface area contributed by atoms with Crippen LogP contribution in [0.15, 0.2) is 35.3 Å². The number of hydrogen-bond acceptors (Lipinski definition) is 2. The van der Waals surface area contributed by atoms with E-state index in [1.165, 1.54) is 13.0 Å². The van der Waals surface area contributed by atoms with Crippen LogP contribution in [-0.4, -0.2) is 10.4 Å². The molecule has 0 saturated heterocycles.